The summed E-state index contributed by atoms with van der Waals surface area (Å²) in [6.07, 6.45) is 3.70. The Morgan fingerprint density at radius 1 is 1.50 bits per heavy atom. The molecule has 16 heavy (non-hydrogen) atoms. The smallest absolute Gasteiger partial charge is 0.0622 e. The minimum Gasteiger partial charge on any atom is -0.380 e. The third kappa shape index (κ3) is 2.12. The minimum atomic E-state index is 0.165. The van der Waals surface area contributed by atoms with E-state index in [0.717, 1.165) is 45.6 Å². The second kappa shape index (κ2) is 5.00. The first-order chi connectivity index (χ1) is 7.72. The van der Waals surface area contributed by atoms with Gasteiger partial charge in [-0.05, 0) is 33.2 Å². The minimum absolute atomic E-state index is 0.165. The molecule has 1 heterocycles. The van der Waals surface area contributed by atoms with Gasteiger partial charge >= 0.3 is 0 Å². The summed E-state index contributed by atoms with van der Waals surface area (Å²) in [6, 6.07) is 0.547. The van der Waals surface area contributed by atoms with Crippen LogP contribution in [0.1, 0.15) is 26.2 Å². The highest BCUT2D eigenvalue weighted by molar-refractivity contribution is 5.05. The average molecular weight is 228 g/mol. The van der Waals surface area contributed by atoms with Crippen LogP contribution in [-0.2, 0) is 9.47 Å². The van der Waals surface area contributed by atoms with Crippen LogP contribution in [0.4, 0.5) is 0 Å². The van der Waals surface area contributed by atoms with Crippen molar-refractivity contribution in [3.63, 3.8) is 0 Å². The van der Waals surface area contributed by atoms with Gasteiger partial charge in [-0.25, -0.2) is 0 Å². The molecule has 2 rings (SSSR count). The van der Waals surface area contributed by atoms with Crippen LogP contribution < -0.4 is 5.73 Å². The molecule has 0 aromatic carbocycles. The lowest BCUT2D eigenvalue weighted by molar-refractivity contribution is -0.104. The summed E-state index contributed by atoms with van der Waals surface area (Å²) in [6.45, 7) is 5.34. The number of hydrogen-bond acceptors (Lipinski definition) is 4. The molecule has 1 atom stereocenters. The van der Waals surface area contributed by atoms with Crippen molar-refractivity contribution in [2.45, 2.75) is 43.9 Å². The number of rotatable bonds is 5. The van der Waals surface area contributed by atoms with Crippen molar-refractivity contribution in [2.24, 2.45) is 5.73 Å². The van der Waals surface area contributed by atoms with E-state index in [0.29, 0.717) is 12.1 Å². The highest BCUT2D eigenvalue weighted by Crippen LogP contribution is 2.40. The normalized spacial score (nSPS) is 39.0. The summed E-state index contributed by atoms with van der Waals surface area (Å²) >= 11 is 0. The zero-order valence-corrected chi connectivity index (χ0v) is 10.4. The highest BCUT2D eigenvalue weighted by Gasteiger charge is 2.48. The fraction of sp³-hybridized carbons (Fsp3) is 1.00. The highest BCUT2D eigenvalue weighted by atomic mass is 16.5. The molecule has 2 aliphatic rings. The third-order valence-electron chi connectivity index (χ3n) is 4.20. The van der Waals surface area contributed by atoms with E-state index in [2.05, 4.69) is 18.9 Å². The van der Waals surface area contributed by atoms with Crippen LogP contribution in [0.2, 0.25) is 0 Å². The molecule has 1 aliphatic carbocycles. The number of likely N-dealkylation sites (N-methyl/N-ethyl adjacent to an activating group) is 1. The van der Waals surface area contributed by atoms with Crippen molar-refractivity contribution >= 4 is 0 Å². The Hall–Kier alpha value is -0.160. The van der Waals surface area contributed by atoms with Gasteiger partial charge in [0.2, 0.25) is 0 Å². The number of hydrogen-bond donors (Lipinski definition) is 1. The van der Waals surface area contributed by atoms with E-state index < -0.39 is 0 Å². The molecule has 1 aliphatic heterocycles. The quantitative estimate of drug-likeness (QED) is 0.749. The largest absolute Gasteiger partial charge is 0.380 e. The second-order valence-electron chi connectivity index (χ2n) is 5.04. The Kier molecular flexibility index (Phi) is 3.85. The molecule has 0 aromatic heterocycles. The monoisotopic (exact) mass is 228 g/mol. The standard InChI is InChI=1S/C12H24N2O2/c1-3-16-11-6-12(7-11,9-13)14(2)10-4-5-15-8-10/h10-11H,3-9,13H2,1-2H3. The Bertz CT molecular complexity index is 223. The van der Waals surface area contributed by atoms with E-state index in [1.165, 1.54) is 0 Å². The number of nitrogens with two attached hydrogens (primary N) is 1. The summed E-state index contributed by atoms with van der Waals surface area (Å²) in [4.78, 5) is 2.44. The second-order valence-corrected chi connectivity index (χ2v) is 5.04. The fourth-order valence-corrected chi connectivity index (χ4v) is 2.95. The molecule has 0 bridgehead atoms. The zero-order chi connectivity index (χ0) is 11.6. The molecule has 2 N–H and O–H groups in total. The lowest BCUT2D eigenvalue weighted by Gasteiger charge is -2.54. The van der Waals surface area contributed by atoms with Gasteiger partial charge in [-0.1, -0.05) is 0 Å². The number of nitrogens with zero attached hydrogens (tertiary/aromatic N) is 1. The summed E-state index contributed by atoms with van der Waals surface area (Å²) in [5, 5.41) is 0. The first-order valence-electron chi connectivity index (χ1n) is 6.34. The molecule has 1 saturated carbocycles. The van der Waals surface area contributed by atoms with Gasteiger partial charge < -0.3 is 15.2 Å². The van der Waals surface area contributed by atoms with Crippen LogP contribution in [0.5, 0.6) is 0 Å². The predicted octanol–water partition coefficient (Wildman–Crippen LogP) is 0.604. The molecule has 0 radical (unpaired) electrons. The summed E-state index contributed by atoms with van der Waals surface area (Å²) in [5.41, 5.74) is 6.12. The fourth-order valence-electron chi connectivity index (χ4n) is 2.95. The molecule has 1 saturated heterocycles. The Labute approximate surface area is 98.1 Å². The lowest BCUT2D eigenvalue weighted by atomic mass is 9.72. The lowest BCUT2D eigenvalue weighted by Crippen LogP contribution is -2.65. The zero-order valence-electron chi connectivity index (χ0n) is 10.4. The first-order valence-corrected chi connectivity index (χ1v) is 6.34. The topological polar surface area (TPSA) is 47.7 Å². The van der Waals surface area contributed by atoms with Crippen LogP contribution in [0.25, 0.3) is 0 Å². The van der Waals surface area contributed by atoms with E-state index in [1.807, 2.05) is 0 Å². The van der Waals surface area contributed by atoms with E-state index in [1.54, 1.807) is 0 Å². The van der Waals surface area contributed by atoms with Crippen LogP contribution in [-0.4, -0.2) is 56.0 Å². The van der Waals surface area contributed by atoms with Gasteiger partial charge in [-0.15, -0.1) is 0 Å². The predicted molar refractivity (Wildman–Crippen MR) is 63.4 cm³/mol. The molecule has 0 aromatic rings. The van der Waals surface area contributed by atoms with E-state index in [4.69, 9.17) is 15.2 Å². The maximum atomic E-state index is 5.96. The van der Waals surface area contributed by atoms with E-state index in [9.17, 15) is 0 Å². The SMILES string of the molecule is CCOC1CC(CN)(N(C)C2CCOC2)C1. The average Bonchev–Trinajstić information content (AvgIpc) is 2.75. The molecule has 1 unspecified atom stereocenters. The van der Waals surface area contributed by atoms with E-state index >= 15 is 0 Å². The molecule has 4 heteroatoms. The van der Waals surface area contributed by atoms with Crippen LogP contribution in [0.15, 0.2) is 0 Å². The van der Waals surface area contributed by atoms with Crippen molar-refractivity contribution in [1.29, 1.82) is 0 Å². The molecule has 4 nitrogen and oxygen atoms in total. The van der Waals surface area contributed by atoms with Gasteiger partial charge in [-0.3, -0.25) is 4.90 Å². The van der Waals surface area contributed by atoms with Crippen molar-refractivity contribution in [3.05, 3.63) is 0 Å². The molecule has 2 fully saturated rings. The Morgan fingerprint density at radius 3 is 2.75 bits per heavy atom. The number of ether oxygens (including phenoxy) is 2. The van der Waals surface area contributed by atoms with Gasteiger partial charge in [0.15, 0.2) is 0 Å². The third-order valence-corrected chi connectivity index (χ3v) is 4.20. The first kappa shape index (κ1) is 12.3. The van der Waals surface area contributed by atoms with Crippen LogP contribution >= 0.6 is 0 Å². The summed E-state index contributed by atoms with van der Waals surface area (Å²) in [5.74, 6) is 0. The Balaban J connectivity index is 1.90. The van der Waals surface area contributed by atoms with Crippen molar-refractivity contribution < 1.29 is 9.47 Å². The molecule has 0 amide bonds. The van der Waals surface area contributed by atoms with E-state index in [-0.39, 0.29) is 5.54 Å². The van der Waals surface area contributed by atoms with Gasteiger partial charge in [0.1, 0.15) is 0 Å². The van der Waals surface area contributed by atoms with Crippen LogP contribution in [0.3, 0.4) is 0 Å². The van der Waals surface area contributed by atoms with Crippen molar-refractivity contribution in [3.8, 4) is 0 Å². The molecular weight excluding hydrogens is 204 g/mol. The van der Waals surface area contributed by atoms with Crippen molar-refractivity contribution in [1.82, 2.24) is 4.90 Å². The van der Waals surface area contributed by atoms with Gasteiger partial charge in [-0.2, -0.15) is 0 Å². The maximum Gasteiger partial charge on any atom is 0.0622 e. The van der Waals surface area contributed by atoms with Crippen LogP contribution in [0, 0.1) is 0 Å². The molecule has 0 spiro atoms. The summed E-state index contributed by atoms with van der Waals surface area (Å²) in [7, 11) is 2.19. The Morgan fingerprint density at radius 2 is 2.25 bits per heavy atom. The molecule has 94 valence electrons. The maximum absolute atomic E-state index is 5.96. The van der Waals surface area contributed by atoms with Crippen molar-refractivity contribution in [2.75, 3.05) is 33.4 Å². The summed E-state index contributed by atoms with van der Waals surface area (Å²) < 4.78 is 11.1. The van der Waals surface area contributed by atoms with Gasteiger partial charge in [0.25, 0.3) is 0 Å². The van der Waals surface area contributed by atoms with Gasteiger partial charge in [0, 0.05) is 31.3 Å². The molecular formula is C12H24N2O2. The van der Waals surface area contributed by atoms with Gasteiger partial charge in [0.05, 0.1) is 12.7 Å².